The van der Waals surface area contributed by atoms with Gasteiger partial charge >= 0.3 is 0 Å². The van der Waals surface area contributed by atoms with Crippen LogP contribution in [0.4, 0.5) is 16.5 Å². The van der Waals surface area contributed by atoms with E-state index in [0.717, 1.165) is 0 Å². The monoisotopic (exact) mass is 454 g/mol. The standard InChI is InChI=1S/C22H19ClN4O3S/c1-15(28)27(19-5-3-2-4-6-19)22-26-18(14-31-22)11-12-20(29)24-13-21(30)25-17-9-7-16(23)8-10-17/h2-12,14H,13H2,1H3,(H,24,29)(H,25,30)/b12-11+. The van der Waals surface area contributed by atoms with E-state index in [1.54, 1.807) is 29.6 Å². The largest absolute Gasteiger partial charge is 0.343 e. The first-order valence-corrected chi connectivity index (χ1v) is 10.5. The Kier molecular flexibility index (Phi) is 7.53. The molecule has 0 aliphatic rings. The molecule has 7 nitrogen and oxygen atoms in total. The molecular formula is C22H19ClN4O3S. The second-order valence-electron chi connectivity index (χ2n) is 6.35. The number of carbonyl (C=O) groups excluding carboxylic acids is 3. The molecule has 0 aliphatic heterocycles. The lowest BCUT2D eigenvalue weighted by Gasteiger charge is -2.17. The normalized spacial score (nSPS) is 10.6. The van der Waals surface area contributed by atoms with Crippen LogP contribution in [0.5, 0.6) is 0 Å². The lowest BCUT2D eigenvalue weighted by Crippen LogP contribution is -2.31. The molecule has 0 spiro atoms. The molecule has 2 aromatic carbocycles. The van der Waals surface area contributed by atoms with Gasteiger partial charge in [0.05, 0.1) is 17.9 Å². The Labute approximate surface area is 188 Å². The summed E-state index contributed by atoms with van der Waals surface area (Å²) in [4.78, 5) is 41.9. The van der Waals surface area contributed by atoms with Crippen LogP contribution in [0.1, 0.15) is 12.6 Å². The number of aromatic nitrogens is 1. The third-order valence-corrected chi connectivity index (χ3v) is 5.08. The summed E-state index contributed by atoms with van der Waals surface area (Å²) < 4.78 is 0. The molecule has 1 aromatic heterocycles. The highest BCUT2D eigenvalue weighted by Gasteiger charge is 2.17. The first-order valence-electron chi connectivity index (χ1n) is 9.25. The maximum atomic E-state index is 12.1. The van der Waals surface area contributed by atoms with Crippen molar-refractivity contribution in [1.29, 1.82) is 0 Å². The van der Waals surface area contributed by atoms with E-state index in [0.29, 0.717) is 27.2 Å². The zero-order chi connectivity index (χ0) is 22.2. The summed E-state index contributed by atoms with van der Waals surface area (Å²) in [5, 5.41) is 7.97. The number of rotatable bonds is 7. The van der Waals surface area contributed by atoms with Gasteiger partial charge < -0.3 is 10.6 Å². The van der Waals surface area contributed by atoms with Crippen LogP contribution in [0.3, 0.4) is 0 Å². The van der Waals surface area contributed by atoms with Gasteiger partial charge in [0.25, 0.3) is 0 Å². The van der Waals surface area contributed by atoms with Crippen LogP contribution in [0, 0.1) is 0 Å². The van der Waals surface area contributed by atoms with Gasteiger partial charge in [0.2, 0.25) is 17.7 Å². The van der Waals surface area contributed by atoms with Crippen LogP contribution in [0.15, 0.2) is 66.1 Å². The van der Waals surface area contributed by atoms with Gasteiger partial charge in [-0.15, -0.1) is 11.3 Å². The number of hydrogen-bond donors (Lipinski definition) is 2. The Morgan fingerprint density at radius 3 is 2.48 bits per heavy atom. The highest BCUT2D eigenvalue weighted by molar-refractivity contribution is 7.14. The second-order valence-corrected chi connectivity index (χ2v) is 7.62. The van der Waals surface area contributed by atoms with E-state index < -0.39 is 5.91 Å². The van der Waals surface area contributed by atoms with E-state index in [2.05, 4.69) is 15.6 Å². The van der Waals surface area contributed by atoms with Gasteiger partial charge in [0.15, 0.2) is 5.13 Å². The minimum absolute atomic E-state index is 0.166. The molecule has 0 bridgehead atoms. The molecule has 31 heavy (non-hydrogen) atoms. The molecule has 2 N–H and O–H groups in total. The number of thiazole rings is 1. The summed E-state index contributed by atoms with van der Waals surface area (Å²) in [6.45, 7) is 1.28. The summed E-state index contributed by atoms with van der Waals surface area (Å²) in [5.41, 5.74) is 1.83. The average molecular weight is 455 g/mol. The van der Waals surface area contributed by atoms with Crippen LogP contribution < -0.4 is 15.5 Å². The van der Waals surface area contributed by atoms with Gasteiger partial charge in [-0.2, -0.15) is 0 Å². The molecule has 0 saturated heterocycles. The minimum Gasteiger partial charge on any atom is -0.343 e. The Hall–Kier alpha value is -3.49. The number of amides is 3. The Morgan fingerprint density at radius 2 is 1.81 bits per heavy atom. The predicted molar refractivity (Wildman–Crippen MR) is 124 cm³/mol. The highest BCUT2D eigenvalue weighted by Crippen LogP contribution is 2.28. The van der Waals surface area contributed by atoms with Gasteiger partial charge in [-0.25, -0.2) is 4.98 Å². The quantitative estimate of drug-likeness (QED) is 0.522. The molecule has 0 unspecified atom stereocenters. The van der Waals surface area contributed by atoms with Crippen LogP contribution in [0.2, 0.25) is 5.02 Å². The summed E-state index contributed by atoms with van der Waals surface area (Å²) in [7, 11) is 0. The van der Waals surface area contributed by atoms with Crippen molar-refractivity contribution in [2.24, 2.45) is 0 Å². The fourth-order valence-electron chi connectivity index (χ4n) is 2.59. The van der Waals surface area contributed by atoms with Crippen molar-refractivity contribution in [3.63, 3.8) is 0 Å². The number of carbonyl (C=O) groups is 3. The molecule has 9 heteroatoms. The fourth-order valence-corrected chi connectivity index (χ4v) is 3.57. The smallest absolute Gasteiger partial charge is 0.244 e. The fraction of sp³-hybridized carbons (Fsp3) is 0.0909. The molecule has 0 radical (unpaired) electrons. The van der Waals surface area contributed by atoms with Gasteiger partial charge in [0.1, 0.15) is 0 Å². The molecule has 0 atom stereocenters. The average Bonchev–Trinajstić information content (AvgIpc) is 3.21. The maximum Gasteiger partial charge on any atom is 0.244 e. The topological polar surface area (TPSA) is 91.4 Å². The number of benzene rings is 2. The molecule has 0 saturated carbocycles. The lowest BCUT2D eigenvalue weighted by atomic mass is 10.3. The number of nitrogens with zero attached hydrogens (tertiary/aromatic N) is 2. The third kappa shape index (κ3) is 6.50. The van der Waals surface area contributed by atoms with Crippen molar-refractivity contribution in [1.82, 2.24) is 10.3 Å². The molecular weight excluding hydrogens is 436 g/mol. The van der Waals surface area contributed by atoms with E-state index in [1.165, 1.54) is 35.3 Å². The number of hydrogen-bond acceptors (Lipinski definition) is 5. The molecule has 3 amide bonds. The van der Waals surface area contributed by atoms with Crippen LogP contribution in [-0.4, -0.2) is 29.3 Å². The van der Waals surface area contributed by atoms with E-state index >= 15 is 0 Å². The van der Waals surface area contributed by atoms with Gasteiger partial charge in [-0.3, -0.25) is 19.3 Å². The van der Waals surface area contributed by atoms with E-state index in [9.17, 15) is 14.4 Å². The van der Waals surface area contributed by atoms with Crippen LogP contribution in [-0.2, 0) is 14.4 Å². The zero-order valence-electron chi connectivity index (χ0n) is 16.5. The number of para-hydroxylation sites is 1. The van der Waals surface area contributed by atoms with Crippen LogP contribution in [0.25, 0.3) is 6.08 Å². The van der Waals surface area contributed by atoms with Gasteiger partial charge in [-0.05, 0) is 42.5 Å². The first-order chi connectivity index (χ1) is 14.9. The molecule has 158 valence electrons. The minimum atomic E-state index is -0.438. The second kappa shape index (κ2) is 10.5. The van der Waals surface area contributed by atoms with Crippen molar-refractivity contribution in [2.75, 3.05) is 16.8 Å². The predicted octanol–water partition coefficient (Wildman–Crippen LogP) is 4.25. The maximum absolute atomic E-state index is 12.1. The Bertz CT molecular complexity index is 1100. The summed E-state index contributed by atoms with van der Waals surface area (Å²) in [5.74, 6) is -0.965. The van der Waals surface area contributed by atoms with Gasteiger partial charge in [0, 0.05) is 29.1 Å². The molecule has 3 aromatic rings. The van der Waals surface area contributed by atoms with E-state index in [-0.39, 0.29) is 18.4 Å². The van der Waals surface area contributed by atoms with Crippen molar-refractivity contribution >= 4 is 63.2 Å². The SMILES string of the molecule is CC(=O)N(c1ccccc1)c1nc(/C=C/C(=O)NCC(=O)Nc2ccc(Cl)cc2)cs1. The third-order valence-electron chi connectivity index (χ3n) is 3.99. The first kappa shape index (κ1) is 22.2. The Balaban J connectivity index is 1.55. The van der Waals surface area contributed by atoms with Crippen molar-refractivity contribution < 1.29 is 14.4 Å². The lowest BCUT2D eigenvalue weighted by molar-refractivity contribution is -0.121. The van der Waals surface area contributed by atoms with Crippen LogP contribution >= 0.6 is 22.9 Å². The zero-order valence-corrected chi connectivity index (χ0v) is 18.1. The van der Waals surface area contributed by atoms with Crippen molar-refractivity contribution in [3.05, 3.63) is 76.8 Å². The molecule has 3 rings (SSSR count). The summed E-state index contributed by atoms with van der Waals surface area (Å²) in [6, 6.07) is 15.8. The molecule has 1 heterocycles. The highest BCUT2D eigenvalue weighted by atomic mass is 35.5. The number of nitrogens with one attached hydrogen (secondary N) is 2. The van der Waals surface area contributed by atoms with E-state index in [4.69, 9.17) is 11.6 Å². The summed E-state index contributed by atoms with van der Waals surface area (Å²) >= 11 is 7.09. The Morgan fingerprint density at radius 1 is 1.10 bits per heavy atom. The number of halogens is 1. The van der Waals surface area contributed by atoms with E-state index in [1.807, 2.05) is 30.3 Å². The van der Waals surface area contributed by atoms with Crippen molar-refractivity contribution in [2.45, 2.75) is 6.92 Å². The van der Waals surface area contributed by atoms with Gasteiger partial charge in [-0.1, -0.05) is 29.8 Å². The molecule has 0 aliphatic carbocycles. The number of anilines is 3. The summed E-state index contributed by atoms with van der Waals surface area (Å²) in [6.07, 6.45) is 2.81. The molecule has 0 fully saturated rings. The van der Waals surface area contributed by atoms with Crippen molar-refractivity contribution in [3.8, 4) is 0 Å².